The van der Waals surface area contributed by atoms with Crippen molar-refractivity contribution in [3.63, 3.8) is 0 Å². The average Bonchev–Trinajstić information content (AvgIpc) is 3.00. The third kappa shape index (κ3) is 15.0. The Hall–Kier alpha value is -3.35. The molecule has 0 saturated heterocycles. The molecule has 1 N–H and O–H groups in total. The highest BCUT2D eigenvalue weighted by atomic mass is 16.6. The van der Waals surface area contributed by atoms with E-state index in [4.69, 9.17) is 14.2 Å². The second kappa shape index (κ2) is 22.3. The normalized spacial score (nSPS) is 11.0. The fourth-order valence-corrected chi connectivity index (χ4v) is 4.56. The molecule has 0 fully saturated rings. The van der Waals surface area contributed by atoms with Gasteiger partial charge in [-0.2, -0.15) is 5.10 Å². The van der Waals surface area contributed by atoms with Crippen molar-refractivity contribution in [3.8, 4) is 17.2 Å². The first-order valence-electron chi connectivity index (χ1n) is 16.1. The Kier molecular flexibility index (Phi) is 18.5. The summed E-state index contributed by atoms with van der Waals surface area (Å²) < 4.78 is 16.9. The van der Waals surface area contributed by atoms with Crippen LogP contribution in [0.25, 0.3) is 0 Å². The predicted octanol–water partition coefficient (Wildman–Crippen LogP) is 9.02. The maximum absolute atomic E-state index is 12.7. The third-order valence-corrected chi connectivity index (χ3v) is 6.94. The van der Waals surface area contributed by atoms with E-state index in [0.29, 0.717) is 42.4 Å². The molecule has 0 aliphatic carbocycles. The van der Waals surface area contributed by atoms with E-state index < -0.39 is 5.97 Å². The molecule has 1 amide bonds. The highest BCUT2D eigenvalue weighted by molar-refractivity contribution is 5.91. The molecule has 0 radical (unpaired) electrons. The Morgan fingerprint density at radius 2 is 1.33 bits per heavy atom. The lowest BCUT2D eigenvalue weighted by Crippen LogP contribution is -2.16. The summed E-state index contributed by atoms with van der Waals surface area (Å²) in [4.78, 5) is 24.8. The van der Waals surface area contributed by atoms with Crippen LogP contribution in [0.4, 0.5) is 0 Å². The summed E-state index contributed by atoms with van der Waals surface area (Å²) in [6, 6.07) is 12.0. The van der Waals surface area contributed by atoms with E-state index in [1.54, 1.807) is 48.7 Å². The van der Waals surface area contributed by atoms with Gasteiger partial charge in [-0.3, -0.25) is 4.79 Å². The van der Waals surface area contributed by atoms with Crippen LogP contribution in [0.1, 0.15) is 133 Å². The Morgan fingerprint density at radius 3 is 1.93 bits per heavy atom. The highest BCUT2D eigenvalue weighted by Gasteiger charge is 2.13. The summed E-state index contributed by atoms with van der Waals surface area (Å²) in [6.45, 7) is 7.19. The van der Waals surface area contributed by atoms with E-state index in [0.717, 1.165) is 24.8 Å². The van der Waals surface area contributed by atoms with Gasteiger partial charge in [-0.15, -0.1) is 0 Å². The van der Waals surface area contributed by atoms with E-state index >= 15 is 0 Å². The molecule has 0 aliphatic heterocycles. The SMILES string of the molecule is CCCCCCCCCCCCCCCC(=O)NN=Cc1ccc(OC(=O)c2ccc(OCCC)cc2)c(OCC)c1. The Balaban J connectivity index is 1.67. The number of ether oxygens (including phenoxy) is 3. The monoisotopic (exact) mass is 580 g/mol. The molecule has 2 aromatic rings. The van der Waals surface area contributed by atoms with Gasteiger partial charge in [0.1, 0.15) is 5.75 Å². The van der Waals surface area contributed by atoms with Crippen LogP contribution in [0.5, 0.6) is 17.2 Å². The molecule has 0 heterocycles. The number of carbonyl (C=O) groups is 2. The number of esters is 1. The van der Waals surface area contributed by atoms with Gasteiger partial charge in [0, 0.05) is 6.42 Å². The molecule has 0 bridgehead atoms. The minimum atomic E-state index is -0.486. The van der Waals surface area contributed by atoms with Gasteiger partial charge in [-0.25, -0.2) is 10.2 Å². The fourth-order valence-electron chi connectivity index (χ4n) is 4.56. The molecule has 0 unspecified atom stereocenters. The minimum absolute atomic E-state index is 0.0870. The van der Waals surface area contributed by atoms with E-state index in [-0.39, 0.29) is 5.91 Å². The van der Waals surface area contributed by atoms with E-state index in [1.807, 2.05) is 13.8 Å². The second-order valence-corrected chi connectivity index (χ2v) is 10.7. The molecule has 2 aromatic carbocycles. The molecule has 0 aliphatic rings. The molecule has 0 spiro atoms. The molecule has 0 saturated carbocycles. The van der Waals surface area contributed by atoms with Crippen molar-refractivity contribution in [2.24, 2.45) is 5.10 Å². The number of hydrogen-bond donors (Lipinski definition) is 1. The molecular weight excluding hydrogens is 528 g/mol. The molecule has 7 heteroatoms. The number of carbonyl (C=O) groups excluding carboxylic acids is 2. The first-order valence-corrected chi connectivity index (χ1v) is 16.1. The third-order valence-electron chi connectivity index (χ3n) is 6.94. The summed E-state index contributed by atoms with van der Waals surface area (Å²) in [5, 5.41) is 4.09. The van der Waals surface area contributed by atoms with E-state index in [2.05, 4.69) is 17.5 Å². The summed E-state index contributed by atoms with van der Waals surface area (Å²) >= 11 is 0. The van der Waals surface area contributed by atoms with Gasteiger partial charge in [0.05, 0.1) is 25.0 Å². The molecule has 0 aromatic heterocycles. The number of unbranched alkanes of at least 4 members (excludes halogenated alkanes) is 12. The van der Waals surface area contributed by atoms with E-state index in [1.165, 1.54) is 70.6 Å². The molecule has 0 atom stereocenters. The maximum atomic E-state index is 12.7. The van der Waals surface area contributed by atoms with Gasteiger partial charge in [0.25, 0.3) is 0 Å². The van der Waals surface area contributed by atoms with Crippen molar-refractivity contribution >= 4 is 18.1 Å². The second-order valence-electron chi connectivity index (χ2n) is 10.7. The van der Waals surface area contributed by atoms with Crippen LogP contribution in [0.3, 0.4) is 0 Å². The van der Waals surface area contributed by atoms with Crippen molar-refractivity contribution < 1.29 is 23.8 Å². The van der Waals surface area contributed by atoms with Crippen LogP contribution in [0.15, 0.2) is 47.6 Å². The number of amides is 1. The molecule has 42 heavy (non-hydrogen) atoms. The van der Waals surface area contributed by atoms with Gasteiger partial charge in [0.2, 0.25) is 5.91 Å². The van der Waals surface area contributed by atoms with Crippen molar-refractivity contribution in [3.05, 3.63) is 53.6 Å². The molecule has 232 valence electrons. The van der Waals surface area contributed by atoms with Crippen LogP contribution in [-0.4, -0.2) is 31.3 Å². The van der Waals surface area contributed by atoms with Crippen molar-refractivity contribution in [1.82, 2.24) is 5.43 Å². The van der Waals surface area contributed by atoms with Crippen LogP contribution in [0.2, 0.25) is 0 Å². The van der Waals surface area contributed by atoms with Crippen LogP contribution in [0, 0.1) is 0 Å². The Morgan fingerprint density at radius 1 is 0.714 bits per heavy atom. The number of hydrazone groups is 1. The minimum Gasteiger partial charge on any atom is -0.494 e. The average molecular weight is 581 g/mol. The zero-order valence-electron chi connectivity index (χ0n) is 26.1. The molecule has 2 rings (SSSR count). The molecular formula is C35H52N2O5. The van der Waals surface area contributed by atoms with Crippen LogP contribution < -0.4 is 19.6 Å². The van der Waals surface area contributed by atoms with Gasteiger partial charge < -0.3 is 14.2 Å². The molecule has 7 nitrogen and oxygen atoms in total. The van der Waals surface area contributed by atoms with Gasteiger partial charge >= 0.3 is 5.97 Å². The number of nitrogens with zero attached hydrogens (tertiary/aromatic N) is 1. The Bertz CT molecular complexity index is 1050. The Labute approximate surface area is 253 Å². The lowest BCUT2D eigenvalue weighted by Gasteiger charge is -2.12. The standard InChI is InChI=1S/C35H52N2O5/c1-4-7-8-9-10-11-12-13-14-15-16-17-18-19-34(38)37-36-28-29-20-25-32(33(27-29)40-6-3)42-35(39)30-21-23-31(24-22-30)41-26-5-2/h20-25,27-28H,4-19,26H2,1-3H3,(H,37,38). The van der Waals surface area contributed by atoms with Crippen LogP contribution in [-0.2, 0) is 4.79 Å². The number of nitrogens with one attached hydrogen (secondary N) is 1. The fraction of sp³-hybridized carbons (Fsp3) is 0.571. The van der Waals surface area contributed by atoms with E-state index in [9.17, 15) is 9.59 Å². The summed E-state index contributed by atoms with van der Waals surface area (Å²) in [5.41, 5.74) is 3.74. The highest BCUT2D eigenvalue weighted by Crippen LogP contribution is 2.29. The quantitative estimate of drug-likeness (QED) is 0.0466. The van der Waals surface area contributed by atoms with Gasteiger partial charge in [-0.1, -0.05) is 90.9 Å². The summed E-state index contributed by atoms with van der Waals surface area (Å²) in [7, 11) is 0. The zero-order chi connectivity index (χ0) is 30.3. The zero-order valence-corrected chi connectivity index (χ0v) is 26.1. The van der Waals surface area contributed by atoms with Crippen molar-refractivity contribution in [2.75, 3.05) is 13.2 Å². The van der Waals surface area contributed by atoms with Gasteiger partial charge in [0.15, 0.2) is 11.5 Å². The maximum Gasteiger partial charge on any atom is 0.343 e. The van der Waals surface area contributed by atoms with Gasteiger partial charge in [-0.05, 0) is 67.8 Å². The first-order chi connectivity index (χ1) is 20.6. The number of hydrogen-bond acceptors (Lipinski definition) is 6. The lowest BCUT2D eigenvalue weighted by molar-refractivity contribution is -0.121. The van der Waals surface area contributed by atoms with Crippen molar-refractivity contribution in [2.45, 2.75) is 117 Å². The van der Waals surface area contributed by atoms with Crippen molar-refractivity contribution in [1.29, 1.82) is 0 Å². The summed E-state index contributed by atoms with van der Waals surface area (Å²) in [6.07, 6.45) is 19.6. The number of benzene rings is 2. The largest absolute Gasteiger partial charge is 0.494 e. The predicted molar refractivity (Wildman–Crippen MR) is 171 cm³/mol. The smallest absolute Gasteiger partial charge is 0.343 e. The number of rotatable bonds is 23. The van der Waals surface area contributed by atoms with Crippen LogP contribution >= 0.6 is 0 Å². The first kappa shape index (κ1) is 34.8. The topological polar surface area (TPSA) is 86.2 Å². The lowest BCUT2D eigenvalue weighted by atomic mass is 10.0. The summed E-state index contributed by atoms with van der Waals surface area (Å²) in [5.74, 6) is 0.882.